The summed E-state index contributed by atoms with van der Waals surface area (Å²) in [6, 6.07) is 31.0. The molecular formula is C30H18O4. The van der Waals surface area contributed by atoms with E-state index < -0.39 is 11.9 Å². The van der Waals surface area contributed by atoms with E-state index in [1.54, 1.807) is 0 Å². The summed E-state index contributed by atoms with van der Waals surface area (Å²) < 4.78 is 0. The fourth-order valence-electron chi connectivity index (χ4n) is 4.95. The van der Waals surface area contributed by atoms with Gasteiger partial charge in [0.15, 0.2) is 0 Å². The van der Waals surface area contributed by atoms with Gasteiger partial charge < -0.3 is 10.2 Å². The zero-order chi connectivity index (χ0) is 23.4. The lowest BCUT2D eigenvalue weighted by Crippen LogP contribution is -2.10. The Morgan fingerprint density at radius 1 is 0.500 bits per heavy atom. The van der Waals surface area contributed by atoms with Gasteiger partial charge in [0.1, 0.15) is 0 Å². The first-order valence-electron chi connectivity index (χ1n) is 10.9. The first kappa shape index (κ1) is 19.9. The predicted molar refractivity (Wildman–Crippen MR) is 136 cm³/mol. The van der Waals surface area contributed by atoms with Gasteiger partial charge in [-0.1, -0.05) is 66.7 Å². The Balaban J connectivity index is 1.84. The summed E-state index contributed by atoms with van der Waals surface area (Å²) in [7, 11) is 0. The molecule has 0 heterocycles. The van der Waals surface area contributed by atoms with Crippen LogP contribution < -0.4 is 0 Å². The number of aromatic carboxylic acids is 2. The largest absolute Gasteiger partial charge is 0.478 e. The van der Waals surface area contributed by atoms with Crippen molar-refractivity contribution < 1.29 is 19.8 Å². The van der Waals surface area contributed by atoms with Gasteiger partial charge in [0.05, 0.1) is 11.1 Å². The predicted octanol–water partition coefficient (Wildman–Crippen LogP) is 7.36. The highest BCUT2D eigenvalue weighted by Crippen LogP contribution is 2.41. The molecular weight excluding hydrogens is 424 g/mol. The van der Waals surface area contributed by atoms with E-state index in [4.69, 9.17) is 0 Å². The number of fused-ring (bicyclic) bond motifs is 4. The van der Waals surface area contributed by atoms with E-state index in [-0.39, 0.29) is 11.1 Å². The molecule has 0 amide bonds. The number of carboxylic acid groups (broad SMARTS) is 2. The van der Waals surface area contributed by atoms with Crippen molar-refractivity contribution in [1.29, 1.82) is 0 Å². The van der Waals surface area contributed by atoms with Gasteiger partial charge in [0.2, 0.25) is 0 Å². The Labute approximate surface area is 194 Å². The fourth-order valence-corrected chi connectivity index (χ4v) is 4.95. The Hall–Kier alpha value is -4.70. The number of hydrogen-bond acceptors (Lipinski definition) is 2. The molecule has 0 aliphatic heterocycles. The molecule has 0 spiro atoms. The monoisotopic (exact) mass is 442 g/mol. The summed E-state index contributed by atoms with van der Waals surface area (Å²) in [4.78, 5) is 24.7. The average molecular weight is 442 g/mol. The van der Waals surface area contributed by atoms with Crippen molar-refractivity contribution in [3.05, 3.63) is 108 Å². The van der Waals surface area contributed by atoms with Crippen molar-refractivity contribution in [2.75, 3.05) is 0 Å². The van der Waals surface area contributed by atoms with Gasteiger partial charge in [0.25, 0.3) is 0 Å². The van der Waals surface area contributed by atoms with Crippen molar-refractivity contribution >= 4 is 55.0 Å². The van der Waals surface area contributed by atoms with Crippen LogP contribution in [0, 0.1) is 0 Å². The maximum Gasteiger partial charge on any atom is 0.337 e. The van der Waals surface area contributed by atoms with Crippen molar-refractivity contribution in [3.8, 4) is 11.1 Å². The highest BCUT2D eigenvalue weighted by molar-refractivity contribution is 6.20. The second-order valence-corrected chi connectivity index (χ2v) is 8.43. The van der Waals surface area contributed by atoms with Gasteiger partial charge in [0, 0.05) is 5.56 Å². The van der Waals surface area contributed by atoms with Crippen LogP contribution in [-0.2, 0) is 0 Å². The summed E-state index contributed by atoms with van der Waals surface area (Å²) in [5.41, 5.74) is 0.706. The lowest BCUT2D eigenvalue weighted by molar-refractivity contribution is 0.0652. The minimum Gasteiger partial charge on any atom is -0.478 e. The van der Waals surface area contributed by atoms with Crippen molar-refractivity contribution in [1.82, 2.24) is 0 Å². The highest BCUT2D eigenvalue weighted by atomic mass is 16.4. The van der Waals surface area contributed by atoms with E-state index >= 15 is 0 Å². The number of carbonyl (C=O) groups is 2. The second kappa shape index (κ2) is 7.42. The SMILES string of the molecule is O=C(O)c1cc2cc3ccccc3cc2c(-c2cccc3cc4ccccc4cc23)c1C(=O)O. The molecule has 4 heteroatoms. The minimum atomic E-state index is -1.26. The Morgan fingerprint density at radius 2 is 1.03 bits per heavy atom. The molecule has 0 saturated heterocycles. The molecule has 2 N–H and O–H groups in total. The molecule has 4 nitrogen and oxygen atoms in total. The number of carboxylic acids is 2. The lowest BCUT2D eigenvalue weighted by Gasteiger charge is -2.17. The van der Waals surface area contributed by atoms with Gasteiger partial charge in [-0.05, 0) is 79.0 Å². The van der Waals surface area contributed by atoms with Crippen LogP contribution in [0.25, 0.3) is 54.2 Å². The van der Waals surface area contributed by atoms with Gasteiger partial charge in [-0.2, -0.15) is 0 Å². The van der Waals surface area contributed by atoms with Crippen molar-refractivity contribution in [3.63, 3.8) is 0 Å². The highest BCUT2D eigenvalue weighted by Gasteiger charge is 2.25. The molecule has 6 rings (SSSR count). The van der Waals surface area contributed by atoms with Crippen LogP contribution in [0.5, 0.6) is 0 Å². The summed E-state index contributed by atoms with van der Waals surface area (Å²) in [5, 5.41) is 27.4. The maximum absolute atomic E-state index is 12.5. The zero-order valence-electron chi connectivity index (χ0n) is 17.9. The number of rotatable bonds is 3. The molecule has 34 heavy (non-hydrogen) atoms. The topological polar surface area (TPSA) is 74.6 Å². The molecule has 0 aromatic heterocycles. The molecule has 162 valence electrons. The van der Waals surface area contributed by atoms with E-state index in [0.717, 1.165) is 32.3 Å². The Kier molecular flexibility index (Phi) is 4.36. The third-order valence-corrected chi connectivity index (χ3v) is 6.47. The molecule has 6 aromatic rings. The Bertz CT molecular complexity index is 1810. The minimum absolute atomic E-state index is 0.198. The van der Waals surface area contributed by atoms with Crippen LogP contribution in [0.15, 0.2) is 97.1 Å². The van der Waals surface area contributed by atoms with Crippen LogP contribution in [-0.4, -0.2) is 22.2 Å². The van der Waals surface area contributed by atoms with Crippen molar-refractivity contribution in [2.45, 2.75) is 0 Å². The van der Waals surface area contributed by atoms with E-state index in [0.29, 0.717) is 21.9 Å². The van der Waals surface area contributed by atoms with Gasteiger partial charge in [-0.3, -0.25) is 0 Å². The summed E-state index contributed by atoms with van der Waals surface area (Å²) in [6.07, 6.45) is 0. The molecule has 0 aliphatic rings. The average Bonchev–Trinajstić information content (AvgIpc) is 2.84. The number of benzene rings is 6. The van der Waals surface area contributed by atoms with Crippen LogP contribution in [0.2, 0.25) is 0 Å². The smallest absolute Gasteiger partial charge is 0.337 e. The molecule has 0 unspecified atom stereocenters. The summed E-state index contributed by atoms with van der Waals surface area (Å²) in [5.74, 6) is -2.53. The van der Waals surface area contributed by atoms with E-state index in [1.165, 1.54) is 6.07 Å². The molecule has 0 aliphatic carbocycles. The summed E-state index contributed by atoms with van der Waals surface area (Å²) in [6.45, 7) is 0. The van der Waals surface area contributed by atoms with Gasteiger partial charge in [-0.15, -0.1) is 0 Å². The fraction of sp³-hybridized carbons (Fsp3) is 0. The third-order valence-electron chi connectivity index (χ3n) is 6.47. The molecule has 0 fully saturated rings. The maximum atomic E-state index is 12.5. The first-order valence-corrected chi connectivity index (χ1v) is 10.9. The standard InChI is InChI=1S/C30H18O4/c31-29(32)26-16-22-13-18-7-2-4-9-20(18)15-25(22)27(28(26)30(33)34)23-11-5-10-21-12-17-6-1-3-8-19(17)14-24(21)23/h1-16H,(H,31,32)(H,33,34). The van der Waals surface area contributed by atoms with Crippen molar-refractivity contribution in [2.24, 2.45) is 0 Å². The molecule has 6 aromatic carbocycles. The van der Waals surface area contributed by atoms with E-state index in [1.807, 2.05) is 84.9 Å². The zero-order valence-corrected chi connectivity index (χ0v) is 17.9. The van der Waals surface area contributed by atoms with Gasteiger partial charge in [-0.25, -0.2) is 9.59 Å². The van der Waals surface area contributed by atoms with Crippen LogP contribution in [0.4, 0.5) is 0 Å². The van der Waals surface area contributed by atoms with Crippen LogP contribution >= 0.6 is 0 Å². The first-order chi connectivity index (χ1) is 16.5. The molecule has 0 atom stereocenters. The second-order valence-electron chi connectivity index (χ2n) is 8.43. The summed E-state index contributed by atoms with van der Waals surface area (Å²) >= 11 is 0. The van der Waals surface area contributed by atoms with Crippen LogP contribution in [0.1, 0.15) is 20.7 Å². The van der Waals surface area contributed by atoms with E-state index in [9.17, 15) is 19.8 Å². The lowest BCUT2D eigenvalue weighted by atomic mass is 9.86. The number of hydrogen-bond donors (Lipinski definition) is 2. The van der Waals surface area contributed by atoms with E-state index in [2.05, 4.69) is 6.07 Å². The van der Waals surface area contributed by atoms with Crippen LogP contribution in [0.3, 0.4) is 0 Å². The third kappa shape index (κ3) is 3.00. The Morgan fingerprint density at radius 3 is 1.62 bits per heavy atom. The molecule has 0 saturated carbocycles. The quantitative estimate of drug-likeness (QED) is 0.281. The molecule has 0 radical (unpaired) electrons. The normalized spacial score (nSPS) is 11.4. The molecule has 0 bridgehead atoms. The van der Waals surface area contributed by atoms with Gasteiger partial charge >= 0.3 is 11.9 Å².